The number of nitrogens with zero attached hydrogens (tertiary/aromatic N) is 2. The molecule has 0 saturated heterocycles. The summed E-state index contributed by atoms with van der Waals surface area (Å²) < 4.78 is 0. The summed E-state index contributed by atoms with van der Waals surface area (Å²) >= 11 is 0. The van der Waals surface area contributed by atoms with Crippen molar-refractivity contribution >= 4 is 33.6 Å². The summed E-state index contributed by atoms with van der Waals surface area (Å²) in [5, 5.41) is 7.76. The maximum atomic E-state index is 13.4. The van der Waals surface area contributed by atoms with Crippen LogP contribution in [0.25, 0.3) is 44.3 Å². The Kier molecular flexibility index (Phi) is 7.99. The second kappa shape index (κ2) is 12.8. The Morgan fingerprint density at radius 2 is 0.826 bits per heavy atom. The third kappa shape index (κ3) is 6.10. The third-order valence-corrected chi connectivity index (χ3v) is 7.99. The van der Waals surface area contributed by atoms with E-state index in [4.69, 9.17) is 9.97 Å². The molecule has 0 spiro atoms. The molecule has 2 heterocycles. The first-order valence-electron chi connectivity index (χ1n) is 15.2. The number of carbonyl (C=O) groups excluding carboxylic acids is 2. The van der Waals surface area contributed by atoms with Crippen LogP contribution in [0.1, 0.15) is 31.8 Å². The summed E-state index contributed by atoms with van der Waals surface area (Å²) in [5.41, 5.74) is 8.06. The van der Waals surface area contributed by atoms with Crippen molar-refractivity contribution in [3.8, 4) is 22.5 Å². The lowest BCUT2D eigenvalue weighted by molar-refractivity contribution is 0.0944. The molecular formula is C40H30N4O2. The molecule has 222 valence electrons. The molecule has 0 bridgehead atoms. The van der Waals surface area contributed by atoms with Gasteiger partial charge in [-0.1, -0.05) is 121 Å². The minimum atomic E-state index is -0.161. The highest BCUT2D eigenvalue weighted by Gasteiger charge is 2.15. The van der Waals surface area contributed by atoms with E-state index < -0.39 is 0 Å². The molecule has 5 aromatic carbocycles. The first kappa shape index (κ1) is 28.6. The van der Waals surface area contributed by atoms with E-state index in [0.717, 1.165) is 55.4 Å². The van der Waals surface area contributed by atoms with Crippen molar-refractivity contribution < 1.29 is 9.59 Å². The standard InChI is InChI=1S/C40H30N4O2/c45-39(33-23-37(29-11-3-1-4-12-29)43-35-17-9-7-15-31(33)35)41-25-27-19-21-28(22-20-27)26-42-40(46)34-24-38(30-13-5-2-6-14-30)44-36-18-10-8-16-32(34)36/h1-24H,25-26H2,(H,41,45)(H,42,46). The Hall–Kier alpha value is -6.14. The number of para-hydroxylation sites is 2. The number of rotatable bonds is 8. The Morgan fingerprint density at radius 3 is 1.24 bits per heavy atom. The lowest BCUT2D eigenvalue weighted by atomic mass is 10.0. The molecule has 6 nitrogen and oxygen atoms in total. The normalized spacial score (nSPS) is 11.0. The lowest BCUT2D eigenvalue weighted by Crippen LogP contribution is -2.24. The zero-order valence-electron chi connectivity index (χ0n) is 25.0. The summed E-state index contributed by atoms with van der Waals surface area (Å²) in [7, 11) is 0. The molecule has 2 amide bonds. The van der Waals surface area contributed by atoms with E-state index in [-0.39, 0.29) is 11.8 Å². The highest BCUT2D eigenvalue weighted by Crippen LogP contribution is 2.26. The molecule has 7 rings (SSSR count). The summed E-state index contributed by atoms with van der Waals surface area (Å²) in [5.74, 6) is -0.321. The van der Waals surface area contributed by atoms with E-state index in [1.165, 1.54) is 0 Å². The summed E-state index contributed by atoms with van der Waals surface area (Å²) in [6.45, 7) is 0.738. The number of hydrogen-bond acceptors (Lipinski definition) is 4. The number of fused-ring (bicyclic) bond motifs is 2. The number of benzene rings is 5. The molecule has 0 unspecified atom stereocenters. The van der Waals surface area contributed by atoms with Crippen molar-refractivity contribution in [2.24, 2.45) is 0 Å². The largest absolute Gasteiger partial charge is 0.348 e. The van der Waals surface area contributed by atoms with Crippen LogP contribution in [0.15, 0.2) is 146 Å². The van der Waals surface area contributed by atoms with Crippen LogP contribution < -0.4 is 10.6 Å². The number of nitrogens with one attached hydrogen (secondary N) is 2. The van der Waals surface area contributed by atoms with Crippen LogP contribution in [0.4, 0.5) is 0 Å². The van der Waals surface area contributed by atoms with Crippen molar-refractivity contribution in [1.29, 1.82) is 0 Å². The van der Waals surface area contributed by atoms with Gasteiger partial charge in [-0.25, -0.2) is 9.97 Å². The zero-order valence-corrected chi connectivity index (χ0v) is 25.0. The Labute approximate surface area is 266 Å². The fraction of sp³-hybridized carbons (Fsp3) is 0.0500. The quantitative estimate of drug-likeness (QED) is 0.186. The van der Waals surface area contributed by atoms with Crippen LogP contribution in [0.5, 0.6) is 0 Å². The molecule has 2 N–H and O–H groups in total. The molecule has 0 aliphatic carbocycles. The van der Waals surface area contributed by atoms with Gasteiger partial charge in [-0.05, 0) is 35.4 Å². The fourth-order valence-electron chi connectivity index (χ4n) is 5.57. The van der Waals surface area contributed by atoms with Crippen LogP contribution in [-0.4, -0.2) is 21.8 Å². The van der Waals surface area contributed by atoms with Gasteiger partial charge in [-0.3, -0.25) is 9.59 Å². The maximum absolute atomic E-state index is 13.4. The van der Waals surface area contributed by atoms with Crippen molar-refractivity contribution in [3.05, 3.63) is 168 Å². The second-order valence-electron chi connectivity index (χ2n) is 11.1. The molecule has 7 aromatic rings. The topological polar surface area (TPSA) is 84.0 Å². The monoisotopic (exact) mass is 598 g/mol. The van der Waals surface area contributed by atoms with Gasteiger partial charge in [-0.15, -0.1) is 0 Å². The predicted molar refractivity (Wildman–Crippen MR) is 183 cm³/mol. The average Bonchev–Trinajstić information content (AvgIpc) is 3.13. The molecule has 0 radical (unpaired) electrons. The molecule has 0 fully saturated rings. The minimum absolute atomic E-state index is 0.161. The number of amides is 2. The fourth-order valence-corrected chi connectivity index (χ4v) is 5.57. The van der Waals surface area contributed by atoms with Gasteiger partial charge in [0, 0.05) is 35.0 Å². The molecule has 2 aromatic heterocycles. The lowest BCUT2D eigenvalue weighted by Gasteiger charge is -2.12. The van der Waals surface area contributed by atoms with Gasteiger partial charge in [0.05, 0.1) is 33.5 Å². The zero-order chi connectivity index (χ0) is 31.3. The van der Waals surface area contributed by atoms with Gasteiger partial charge in [0.15, 0.2) is 0 Å². The average molecular weight is 599 g/mol. The molecule has 0 aliphatic heterocycles. The van der Waals surface area contributed by atoms with Crippen LogP contribution in [0.3, 0.4) is 0 Å². The van der Waals surface area contributed by atoms with Gasteiger partial charge in [0.1, 0.15) is 0 Å². The number of hydrogen-bond donors (Lipinski definition) is 2. The van der Waals surface area contributed by atoms with Crippen LogP contribution >= 0.6 is 0 Å². The Bertz CT molecular complexity index is 2020. The molecular weight excluding hydrogens is 568 g/mol. The van der Waals surface area contributed by atoms with E-state index in [0.29, 0.717) is 24.2 Å². The van der Waals surface area contributed by atoms with Crippen molar-refractivity contribution in [3.63, 3.8) is 0 Å². The van der Waals surface area contributed by atoms with E-state index in [1.807, 2.05) is 146 Å². The Morgan fingerprint density at radius 1 is 0.457 bits per heavy atom. The highest BCUT2D eigenvalue weighted by atomic mass is 16.2. The van der Waals surface area contributed by atoms with Gasteiger partial charge < -0.3 is 10.6 Å². The van der Waals surface area contributed by atoms with Gasteiger partial charge in [0.2, 0.25) is 0 Å². The van der Waals surface area contributed by atoms with Crippen LogP contribution in [0.2, 0.25) is 0 Å². The molecule has 0 aliphatic rings. The number of aromatic nitrogens is 2. The van der Waals surface area contributed by atoms with Crippen LogP contribution in [-0.2, 0) is 13.1 Å². The summed E-state index contributed by atoms with van der Waals surface area (Å²) in [6, 6.07) is 46.7. The van der Waals surface area contributed by atoms with Crippen LogP contribution in [0, 0.1) is 0 Å². The Balaban J connectivity index is 1.03. The first-order chi connectivity index (χ1) is 22.6. The van der Waals surface area contributed by atoms with E-state index >= 15 is 0 Å². The van der Waals surface area contributed by atoms with Crippen molar-refractivity contribution in [2.45, 2.75) is 13.1 Å². The van der Waals surface area contributed by atoms with Gasteiger partial charge in [-0.2, -0.15) is 0 Å². The third-order valence-electron chi connectivity index (χ3n) is 7.99. The SMILES string of the molecule is O=C(NCc1ccc(CNC(=O)c2cc(-c3ccccc3)nc3ccccc23)cc1)c1cc(-c2ccccc2)nc2ccccc12. The molecule has 6 heteroatoms. The smallest absolute Gasteiger partial charge is 0.252 e. The maximum Gasteiger partial charge on any atom is 0.252 e. The first-order valence-corrected chi connectivity index (χ1v) is 15.2. The molecule has 0 saturated carbocycles. The van der Waals surface area contributed by atoms with Gasteiger partial charge in [0.25, 0.3) is 11.8 Å². The van der Waals surface area contributed by atoms with E-state index in [9.17, 15) is 9.59 Å². The predicted octanol–water partition coefficient (Wildman–Crippen LogP) is 7.98. The molecule has 0 atom stereocenters. The van der Waals surface area contributed by atoms with Crippen molar-refractivity contribution in [1.82, 2.24) is 20.6 Å². The number of carbonyl (C=O) groups is 2. The van der Waals surface area contributed by atoms with E-state index in [1.54, 1.807) is 0 Å². The van der Waals surface area contributed by atoms with Gasteiger partial charge >= 0.3 is 0 Å². The number of pyridine rings is 2. The molecule has 46 heavy (non-hydrogen) atoms. The minimum Gasteiger partial charge on any atom is -0.348 e. The highest BCUT2D eigenvalue weighted by molar-refractivity contribution is 6.08. The van der Waals surface area contributed by atoms with E-state index in [2.05, 4.69) is 10.6 Å². The summed E-state index contributed by atoms with van der Waals surface area (Å²) in [4.78, 5) is 36.4. The summed E-state index contributed by atoms with van der Waals surface area (Å²) in [6.07, 6.45) is 0. The van der Waals surface area contributed by atoms with Crippen molar-refractivity contribution in [2.75, 3.05) is 0 Å². The second-order valence-corrected chi connectivity index (χ2v) is 11.1.